The van der Waals surface area contributed by atoms with Gasteiger partial charge in [-0.05, 0) is 31.9 Å². The number of nitrogens with zero attached hydrogens (tertiary/aromatic N) is 1. The fraction of sp³-hybridized carbons (Fsp3) is 0.571. The van der Waals surface area contributed by atoms with E-state index in [-0.39, 0.29) is 23.9 Å². The molecule has 110 valence electrons. The summed E-state index contributed by atoms with van der Waals surface area (Å²) in [5, 5.41) is 11.2. The first kappa shape index (κ1) is 14.7. The highest BCUT2D eigenvalue weighted by molar-refractivity contribution is 5.53. The average molecular weight is 280 g/mol. The number of benzene rings is 1. The molecule has 0 heterocycles. The van der Waals surface area contributed by atoms with Gasteiger partial charge >= 0.3 is 5.69 Å². The van der Waals surface area contributed by atoms with Crippen LogP contribution >= 0.6 is 0 Å². The van der Waals surface area contributed by atoms with Crippen LogP contribution in [0.3, 0.4) is 0 Å². The van der Waals surface area contributed by atoms with Gasteiger partial charge in [0, 0.05) is 25.1 Å². The Balaban J connectivity index is 2.23. The van der Waals surface area contributed by atoms with Crippen LogP contribution in [0.2, 0.25) is 0 Å². The van der Waals surface area contributed by atoms with Crippen LogP contribution in [0.15, 0.2) is 12.1 Å². The second-order valence-corrected chi connectivity index (χ2v) is 5.16. The number of hydrogen-bond acceptors (Lipinski definition) is 5. The third-order valence-corrected chi connectivity index (χ3v) is 3.52. The second-order valence-electron chi connectivity index (χ2n) is 5.16. The molecule has 6 heteroatoms. The van der Waals surface area contributed by atoms with E-state index in [0.29, 0.717) is 18.8 Å². The molecule has 1 saturated carbocycles. The lowest BCUT2D eigenvalue weighted by Crippen LogP contribution is -2.59. The minimum atomic E-state index is -0.413. The van der Waals surface area contributed by atoms with Gasteiger partial charge < -0.3 is 15.2 Å². The van der Waals surface area contributed by atoms with Crippen molar-refractivity contribution in [1.29, 1.82) is 0 Å². The van der Waals surface area contributed by atoms with E-state index >= 15 is 0 Å². The maximum atomic E-state index is 11.2. The highest BCUT2D eigenvalue weighted by Crippen LogP contribution is 2.36. The van der Waals surface area contributed by atoms with Gasteiger partial charge in [-0.3, -0.25) is 10.1 Å². The molecule has 3 unspecified atom stereocenters. The quantitative estimate of drug-likeness (QED) is 0.659. The number of ether oxygens (including phenoxy) is 2. The first-order valence-electron chi connectivity index (χ1n) is 6.73. The number of nitro benzene ring substituents is 1. The van der Waals surface area contributed by atoms with Crippen LogP contribution in [-0.4, -0.2) is 29.8 Å². The molecule has 2 N–H and O–H groups in total. The monoisotopic (exact) mass is 280 g/mol. The second kappa shape index (κ2) is 5.76. The SMILES string of the molecule is CCOC1C(N)CC1Oc1c(C)cc(C)cc1[N+](=O)[O-]. The number of hydrogen-bond donors (Lipinski definition) is 1. The van der Waals surface area contributed by atoms with Crippen LogP contribution in [0.5, 0.6) is 5.75 Å². The van der Waals surface area contributed by atoms with Crippen LogP contribution < -0.4 is 10.5 Å². The Morgan fingerprint density at radius 3 is 2.70 bits per heavy atom. The summed E-state index contributed by atoms with van der Waals surface area (Å²) in [6, 6.07) is 3.33. The Morgan fingerprint density at radius 1 is 1.45 bits per heavy atom. The molecule has 0 bridgehead atoms. The summed E-state index contributed by atoms with van der Waals surface area (Å²) in [5.74, 6) is 0.321. The van der Waals surface area contributed by atoms with Crippen LogP contribution in [0, 0.1) is 24.0 Å². The van der Waals surface area contributed by atoms with Crippen molar-refractivity contribution >= 4 is 5.69 Å². The van der Waals surface area contributed by atoms with Gasteiger partial charge in [-0.1, -0.05) is 6.07 Å². The van der Waals surface area contributed by atoms with E-state index in [9.17, 15) is 10.1 Å². The average Bonchev–Trinajstić information content (AvgIpc) is 2.37. The summed E-state index contributed by atoms with van der Waals surface area (Å²) in [6.45, 7) is 6.07. The maximum absolute atomic E-state index is 11.2. The molecule has 2 rings (SSSR count). The van der Waals surface area contributed by atoms with Gasteiger partial charge in [0.2, 0.25) is 0 Å². The molecule has 6 nitrogen and oxygen atoms in total. The normalized spacial score (nSPS) is 25.1. The smallest absolute Gasteiger partial charge is 0.311 e. The molecule has 3 atom stereocenters. The van der Waals surface area contributed by atoms with Crippen molar-refractivity contribution in [3.05, 3.63) is 33.4 Å². The third kappa shape index (κ3) is 2.76. The summed E-state index contributed by atoms with van der Waals surface area (Å²) in [6.07, 6.45) is 0.236. The van der Waals surface area contributed by atoms with Crippen molar-refractivity contribution in [3.8, 4) is 5.75 Å². The zero-order valence-electron chi connectivity index (χ0n) is 12.0. The highest BCUT2D eigenvalue weighted by atomic mass is 16.6. The Bertz CT molecular complexity index is 518. The highest BCUT2D eigenvalue weighted by Gasteiger charge is 2.42. The molecule has 0 saturated heterocycles. The standard InChI is InChI=1S/C14H20N2O4/c1-4-19-14-10(15)7-12(14)20-13-9(3)5-8(2)6-11(13)16(17)18/h5-6,10,12,14H,4,7,15H2,1-3H3. The van der Waals surface area contributed by atoms with E-state index in [2.05, 4.69) is 0 Å². The molecule has 0 spiro atoms. The number of nitro groups is 1. The third-order valence-electron chi connectivity index (χ3n) is 3.52. The van der Waals surface area contributed by atoms with Crippen LogP contribution in [0.1, 0.15) is 24.5 Å². The Hall–Kier alpha value is -1.66. The molecule has 1 aliphatic carbocycles. The number of nitrogens with two attached hydrogens (primary N) is 1. The van der Waals surface area contributed by atoms with Crippen molar-refractivity contribution in [2.45, 2.75) is 45.4 Å². The molecule has 0 radical (unpaired) electrons. The minimum absolute atomic E-state index is 0.00165. The van der Waals surface area contributed by atoms with Gasteiger partial charge in [0.05, 0.1) is 4.92 Å². The molecule has 1 aromatic rings. The van der Waals surface area contributed by atoms with E-state index < -0.39 is 4.92 Å². The zero-order valence-corrected chi connectivity index (χ0v) is 12.0. The lowest BCUT2D eigenvalue weighted by atomic mass is 9.86. The summed E-state index contributed by atoms with van der Waals surface area (Å²) in [5.41, 5.74) is 7.47. The van der Waals surface area contributed by atoms with Crippen molar-refractivity contribution in [1.82, 2.24) is 0 Å². The van der Waals surface area contributed by atoms with E-state index in [4.69, 9.17) is 15.2 Å². The first-order valence-corrected chi connectivity index (χ1v) is 6.73. The van der Waals surface area contributed by atoms with E-state index in [0.717, 1.165) is 11.1 Å². The van der Waals surface area contributed by atoms with Gasteiger partial charge in [0.15, 0.2) is 5.75 Å². The lowest BCUT2D eigenvalue weighted by Gasteiger charge is -2.41. The fourth-order valence-corrected chi connectivity index (χ4v) is 2.53. The molecule has 20 heavy (non-hydrogen) atoms. The largest absolute Gasteiger partial charge is 0.480 e. The number of rotatable bonds is 5. The van der Waals surface area contributed by atoms with E-state index in [1.807, 2.05) is 26.8 Å². The molecule has 1 fully saturated rings. The van der Waals surface area contributed by atoms with Crippen molar-refractivity contribution in [3.63, 3.8) is 0 Å². The Labute approximate surface area is 118 Å². The predicted octanol–water partition coefficient (Wildman–Crippen LogP) is 2.10. The Kier molecular flexibility index (Phi) is 4.25. The summed E-state index contributed by atoms with van der Waals surface area (Å²) >= 11 is 0. The molecule has 0 aliphatic heterocycles. The van der Waals surface area contributed by atoms with Crippen LogP contribution in [0.25, 0.3) is 0 Å². The maximum Gasteiger partial charge on any atom is 0.311 e. The van der Waals surface area contributed by atoms with Crippen molar-refractivity contribution in [2.24, 2.45) is 5.73 Å². The molecule has 0 aromatic heterocycles. The van der Waals surface area contributed by atoms with Gasteiger partial charge in [-0.2, -0.15) is 0 Å². The minimum Gasteiger partial charge on any atom is -0.480 e. The predicted molar refractivity (Wildman–Crippen MR) is 75.0 cm³/mol. The molecule has 0 amide bonds. The van der Waals surface area contributed by atoms with Crippen molar-refractivity contribution in [2.75, 3.05) is 6.61 Å². The van der Waals surface area contributed by atoms with E-state index in [1.165, 1.54) is 6.07 Å². The summed E-state index contributed by atoms with van der Waals surface area (Å²) < 4.78 is 11.3. The van der Waals surface area contributed by atoms with Gasteiger partial charge in [-0.25, -0.2) is 0 Å². The van der Waals surface area contributed by atoms with Crippen molar-refractivity contribution < 1.29 is 14.4 Å². The molecular weight excluding hydrogens is 260 g/mol. The Morgan fingerprint density at radius 2 is 2.15 bits per heavy atom. The lowest BCUT2D eigenvalue weighted by molar-refractivity contribution is -0.386. The van der Waals surface area contributed by atoms with Crippen LogP contribution in [-0.2, 0) is 4.74 Å². The molecule has 1 aliphatic rings. The van der Waals surface area contributed by atoms with Gasteiger partial charge in [0.1, 0.15) is 12.2 Å². The number of aryl methyl sites for hydroxylation is 2. The first-order chi connectivity index (χ1) is 9.43. The topological polar surface area (TPSA) is 87.6 Å². The molecule has 1 aromatic carbocycles. The van der Waals surface area contributed by atoms with Crippen LogP contribution in [0.4, 0.5) is 5.69 Å². The zero-order chi connectivity index (χ0) is 14.9. The van der Waals surface area contributed by atoms with Gasteiger partial charge in [0.25, 0.3) is 0 Å². The summed E-state index contributed by atoms with van der Waals surface area (Å²) in [4.78, 5) is 10.7. The van der Waals surface area contributed by atoms with E-state index in [1.54, 1.807) is 0 Å². The van der Waals surface area contributed by atoms with Gasteiger partial charge in [-0.15, -0.1) is 0 Å². The summed E-state index contributed by atoms with van der Waals surface area (Å²) in [7, 11) is 0. The fourth-order valence-electron chi connectivity index (χ4n) is 2.53. The molecular formula is C14H20N2O4.